The summed E-state index contributed by atoms with van der Waals surface area (Å²) >= 11 is 0. The summed E-state index contributed by atoms with van der Waals surface area (Å²) < 4.78 is 40.2. The van der Waals surface area contributed by atoms with Gasteiger partial charge in [0.15, 0.2) is 21.9 Å². The minimum Gasteiger partial charge on any atom is -0.507 e. The van der Waals surface area contributed by atoms with Crippen LogP contribution in [0.15, 0.2) is 36.4 Å². The van der Waals surface area contributed by atoms with Crippen molar-refractivity contribution in [2.24, 2.45) is 0 Å². The molecular formula is C32H44O9Si. The van der Waals surface area contributed by atoms with E-state index in [0.717, 1.165) is 11.1 Å². The smallest absolute Gasteiger partial charge is 0.308 e. The van der Waals surface area contributed by atoms with Crippen LogP contribution in [0.1, 0.15) is 50.5 Å². The minimum atomic E-state index is -2.31. The van der Waals surface area contributed by atoms with Crippen LogP contribution < -0.4 is 18.9 Å². The minimum absolute atomic E-state index is 0.0106. The molecule has 0 saturated carbocycles. The van der Waals surface area contributed by atoms with Crippen LogP contribution in [0.2, 0.25) is 18.1 Å². The molecule has 0 aliphatic rings. The fourth-order valence-corrected chi connectivity index (χ4v) is 5.74. The van der Waals surface area contributed by atoms with Crippen LogP contribution in [0.25, 0.3) is 10.8 Å². The number of aryl methyl sites for hydroxylation is 1. The zero-order chi connectivity index (χ0) is 31.2. The number of carbonyl (C=O) groups excluding carboxylic acids is 1. The van der Waals surface area contributed by atoms with Crippen LogP contribution in [0.4, 0.5) is 0 Å². The molecule has 1 N–H and O–H groups in total. The number of aromatic hydroxyl groups is 1. The lowest BCUT2D eigenvalue weighted by molar-refractivity contribution is -0.131. The summed E-state index contributed by atoms with van der Waals surface area (Å²) in [5.41, 5.74) is 2.34. The molecular weight excluding hydrogens is 556 g/mol. The fraction of sp³-hybridized carbons (Fsp3) is 0.469. The molecule has 0 saturated heterocycles. The Hall–Kier alpha value is -3.31. The highest BCUT2D eigenvalue weighted by molar-refractivity contribution is 6.74. The van der Waals surface area contributed by atoms with Crippen LogP contribution in [-0.2, 0) is 25.1 Å². The van der Waals surface area contributed by atoms with Crippen molar-refractivity contribution < 1.29 is 42.7 Å². The molecule has 42 heavy (non-hydrogen) atoms. The van der Waals surface area contributed by atoms with Gasteiger partial charge < -0.3 is 38.0 Å². The Morgan fingerprint density at radius 2 is 1.50 bits per heavy atom. The van der Waals surface area contributed by atoms with Crippen LogP contribution in [0, 0.1) is 6.92 Å². The number of hydrogen-bond acceptors (Lipinski definition) is 9. The first kappa shape index (κ1) is 33.2. The fourth-order valence-electron chi connectivity index (χ4n) is 4.45. The van der Waals surface area contributed by atoms with Gasteiger partial charge in [-0.15, -0.1) is 0 Å². The number of benzene rings is 3. The number of esters is 1. The molecule has 10 heteroatoms. The highest BCUT2D eigenvalue weighted by Gasteiger charge is 2.40. The zero-order valence-electron chi connectivity index (χ0n) is 26.4. The Morgan fingerprint density at radius 1 is 0.905 bits per heavy atom. The topological polar surface area (TPSA) is 102 Å². The first-order valence-electron chi connectivity index (χ1n) is 13.8. The van der Waals surface area contributed by atoms with Gasteiger partial charge in [0.25, 0.3) is 0 Å². The number of fused-ring (bicyclic) bond motifs is 1. The molecule has 0 heterocycles. The molecule has 0 fully saturated rings. The second kappa shape index (κ2) is 13.8. The molecule has 3 aromatic carbocycles. The van der Waals surface area contributed by atoms with Gasteiger partial charge in [-0.3, -0.25) is 4.79 Å². The SMILES string of the molecule is COCOc1ccc(OCOC)c2c(O)c(CC(O[Si](C)(C)C(C)(C)C)c3cc(C)cc(OC(C)=O)c3)cc(OC)c12. The third-order valence-corrected chi connectivity index (χ3v) is 11.9. The Morgan fingerprint density at radius 3 is 2.02 bits per heavy atom. The first-order chi connectivity index (χ1) is 19.7. The average Bonchev–Trinajstić information content (AvgIpc) is 2.90. The van der Waals surface area contributed by atoms with Crippen molar-refractivity contribution in [1.82, 2.24) is 0 Å². The largest absolute Gasteiger partial charge is 0.507 e. The number of carbonyl (C=O) groups is 1. The van der Waals surface area contributed by atoms with E-state index >= 15 is 0 Å². The standard InChI is InChI=1S/C32H44O9Si/c1-20-13-22(15-24(14-20)40-21(2)33)27(41-42(9,10)32(3,4)5)16-23-17-28(37-8)29-25(38-18-35-6)11-12-26(39-19-36-7)30(29)31(23)34/h11-15,17,27,34H,16,18-19H2,1-10H3. The Balaban J connectivity index is 2.25. The van der Waals surface area contributed by atoms with Gasteiger partial charge in [0, 0.05) is 33.1 Å². The van der Waals surface area contributed by atoms with Gasteiger partial charge in [0.2, 0.25) is 0 Å². The summed E-state index contributed by atoms with van der Waals surface area (Å²) in [5.74, 6) is 1.41. The highest BCUT2D eigenvalue weighted by Crippen LogP contribution is 2.48. The summed E-state index contributed by atoms with van der Waals surface area (Å²) in [4.78, 5) is 11.8. The Labute approximate surface area is 249 Å². The molecule has 1 atom stereocenters. The van der Waals surface area contributed by atoms with Crippen molar-refractivity contribution in [1.29, 1.82) is 0 Å². The monoisotopic (exact) mass is 600 g/mol. The summed E-state index contributed by atoms with van der Waals surface area (Å²) in [6, 6.07) is 10.9. The van der Waals surface area contributed by atoms with Gasteiger partial charge in [-0.1, -0.05) is 26.8 Å². The lowest BCUT2D eigenvalue weighted by atomic mass is 9.95. The lowest BCUT2D eigenvalue weighted by Gasteiger charge is -2.39. The summed E-state index contributed by atoms with van der Waals surface area (Å²) in [6.45, 7) is 14.2. The Bertz CT molecular complexity index is 1400. The number of methoxy groups -OCH3 is 3. The molecule has 3 rings (SSSR count). The average molecular weight is 601 g/mol. The van der Waals surface area contributed by atoms with E-state index in [1.54, 1.807) is 25.3 Å². The van der Waals surface area contributed by atoms with E-state index in [-0.39, 0.29) is 24.4 Å². The van der Waals surface area contributed by atoms with Crippen molar-refractivity contribution in [2.45, 2.75) is 65.3 Å². The van der Waals surface area contributed by atoms with E-state index in [4.69, 9.17) is 32.8 Å². The van der Waals surface area contributed by atoms with Crippen molar-refractivity contribution >= 4 is 25.1 Å². The maximum atomic E-state index is 11.8. The molecule has 0 amide bonds. The summed E-state index contributed by atoms with van der Waals surface area (Å²) in [6.07, 6.45) is -0.162. The molecule has 0 radical (unpaired) electrons. The number of phenolic OH excluding ortho intramolecular Hbond substituents is 1. The van der Waals surface area contributed by atoms with E-state index in [1.807, 2.05) is 25.1 Å². The third kappa shape index (κ3) is 7.74. The lowest BCUT2D eigenvalue weighted by Crippen LogP contribution is -2.42. The second-order valence-electron chi connectivity index (χ2n) is 11.7. The van der Waals surface area contributed by atoms with E-state index in [0.29, 0.717) is 45.8 Å². The van der Waals surface area contributed by atoms with E-state index in [1.165, 1.54) is 21.1 Å². The molecule has 0 aliphatic carbocycles. The van der Waals surface area contributed by atoms with Gasteiger partial charge in [0.1, 0.15) is 28.7 Å². The summed E-state index contributed by atoms with van der Waals surface area (Å²) in [7, 11) is 2.31. The molecule has 0 aromatic heterocycles. The summed E-state index contributed by atoms with van der Waals surface area (Å²) in [5, 5.41) is 12.7. The van der Waals surface area contributed by atoms with Crippen molar-refractivity contribution in [3.63, 3.8) is 0 Å². The van der Waals surface area contributed by atoms with E-state index < -0.39 is 20.4 Å². The second-order valence-corrected chi connectivity index (χ2v) is 16.5. The van der Waals surface area contributed by atoms with Gasteiger partial charge in [-0.05, 0) is 66.5 Å². The molecule has 1 unspecified atom stereocenters. The van der Waals surface area contributed by atoms with Crippen LogP contribution in [-0.4, -0.2) is 54.3 Å². The number of hydrogen-bond donors (Lipinski definition) is 1. The molecule has 9 nitrogen and oxygen atoms in total. The van der Waals surface area contributed by atoms with Crippen LogP contribution in [0.3, 0.4) is 0 Å². The molecule has 0 spiro atoms. The molecule has 3 aromatic rings. The number of ether oxygens (including phenoxy) is 6. The van der Waals surface area contributed by atoms with Gasteiger partial charge in [-0.2, -0.15) is 0 Å². The maximum absolute atomic E-state index is 11.8. The quantitative estimate of drug-likeness (QED) is 0.0956. The van der Waals surface area contributed by atoms with Gasteiger partial charge in [0.05, 0.1) is 24.0 Å². The van der Waals surface area contributed by atoms with Gasteiger partial charge in [-0.25, -0.2) is 0 Å². The predicted octanol–water partition coefficient (Wildman–Crippen LogP) is 7.06. The van der Waals surface area contributed by atoms with E-state index in [2.05, 4.69) is 33.9 Å². The normalized spacial score (nSPS) is 12.7. The molecule has 0 aliphatic heterocycles. The van der Waals surface area contributed by atoms with E-state index in [9.17, 15) is 9.90 Å². The molecule has 0 bridgehead atoms. The first-order valence-corrected chi connectivity index (χ1v) is 16.7. The maximum Gasteiger partial charge on any atom is 0.308 e. The number of phenols is 1. The third-order valence-electron chi connectivity index (χ3n) is 7.46. The van der Waals surface area contributed by atoms with Crippen LogP contribution in [0.5, 0.6) is 28.7 Å². The zero-order valence-corrected chi connectivity index (χ0v) is 27.4. The number of rotatable bonds is 13. The van der Waals surface area contributed by atoms with Crippen molar-refractivity contribution in [2.75, 3.05) is 34.9 Å². The van der Waals surface area contributed by atoms with Crippen molar-refractivity contribution in [3.8, 4) is 28.7 Å². The predicted molar refractivity (Wildman–Crippen MR) is 164 cm³/mol. The van der Waals surface area contributed by atoms with Gasteiger partial charge >= 0.3 is 5.97 Å². The Kier molecular flexibility index (Phi) is 10.9. The molecule has 230 valence electrons. The van der Waals surface area contributed by atoms with Crippen LogP contribution >= 0.6 is 0 Å². The highest BCUT2D eigenvalue weighted by atomic mass is 28.4. The van der Waals surface area contributed by atoms with Crippen molar-refractivity contribution in [3.05, 3.63) is 53.1 Å².